The number of carbonyl (C=O) groups excluding carboxylic acids is 1. The van der Waals surface area contributed by atoms with Crippen LogP contribution >= 0.6 is 0 Å². The number of carbonyl (C=O) groups is 2. The van der Waals surface area contributed by atoms with Crippen LogP contribution in [0.25, 0.3) is 0 Å². The van der Waals surface area contributed by atoms with Gasteiger partial charge in [-0.25, -0.2) is 0 Å². The van der Waals surface area contributed by atoms with Gasteiger partial charge in [0.25, 0.3) is 0 Å². The van der Waals surface area contributed by atoms with Crippen molar-refractivity contribution >= 4 is 11.8 Å². The van der Waals surface area contributed by atoms with Crippen molar-refractivity contribution in [2.45, 2.75) is 13.3 Å². The first-order valence-corrected chi connectivity index (χ1v) is 5.58. The lowest BCUT2D eigenvalue weighted by Gasteiger charge is -1.97. The molecule has 0 aliphatic rings. The predicted octanol–water partition coefficient (Wildman–Crippen LogP) is 2.18. The summed E-state index contributed by atoms with van der Waals surface area (Å²) in [7, 11) is 0. The number of carboxylic acid groups (broad SMARTS) is 1. The average molecular weight is 243 g/mol. The van der Waals surface area contributed by atoms with Crippen LogP contribution in [-0.4, -0.2) is 21.8 Å². The summed E-state index contributed by atoms with van der Waals surface area (Å²) >= 11 is 0. The summed E-state index contributed by atoms with van der Waals surface area (Å²) in [5, 5.41) is 8.75. The summed E-state index contributed by atoms with van der Waals surface area (Å²) in [6, 6.07) is 10.6. The topological polar surface area (TPSA) is 70.2 Å². The first-order chi connectivity index (χ1) is 8.58. The number of aromatic amines is 1. The van der Waals surface area contributed by atoms with Crippen molar-refractivity contribution in [1.29, 1.82) is 0 Å². The highest BCUT2D eigenvalue weighted by molar-refractivity contribution is 6.08. The zero-order chi connectivity index (χ0) is 13.1. The first-order valence-electron chi connectivity index (χ1n) is 5.58. The summed E-state index contributed by atoms with van der Waals surface area (Å²) in [4.78, 5) is 25.7. The minimum absolute atomic E-state index is 0.103. The number of aromatic nitrogens is 1. The van der Waals surface area contributed by atoms with Crippen LogP contribution < -0.4 is 0 Å². The second-order valence-electron chi connectivity index (χ2n) is 4.11. The van der Waals surface area contributed by atoms with Gasteiger partial charge in [0.1, 0.15) is 0 Å². The Kier molecular flexibility index (Phi) is 3.28. The van der Waals surface area contributed by atoms with Gasteiger partial charge in [-0.15, -0.1) is 0 Å². The summed E-state index contributed by atoms with van der Waals surface area (Å²) in [5.41, 5.74) is 2.37. The Morgan fingerprint density at radius 3 is 2.50 bits per heavy atom. The number of hydrogen-bond donors (Lipinski definition) is 2. The normalized spacial score (nSPS) is 10.3. The van der Waals surface area contributed by atoms with E-state index in [0.29, 0.717) is 17.0 Å². The Hall–Kier alpha value is -2.36. The Morgan fingerprint density at radius 1 is 1.22 bits per heavy atom. The molecule has 0 bridgehead atoms. The summed E-state index contributed by atoms with van der Waals surface area (Å²) < 4.78 is 0. The Balaban J connectivity index is 2.30. The third kappa shape index (κ3) is 2.48. The molecule has 0 fully saturated rings. The second kappa shape index (κ2) is 4.87. The van der Waals surface area contributed by atoms with Gasteiger partial charge in [0.15, 0.2) is 0 Å². The maximum Gasteiger partial charge on any atom is 0.309 e. The van der Waals surface area contributed by atoms with E-state index in [1.807, 2.05) is 6.07 Å². The van der Waals surface area contributed by atoms with Crippen LogP contribution in [0.1, 0.15) is 27.3 Å². The molecule has 0 amide bonds. The molecule has 1 heterocycles. The van der Waals surface area contributed by atoms with Crippen molar-refractivity contribution in [2.75, 3.05) is 0 Å². The number of aryl methyl sites for hydroxylation is 1. The van der Waals surface area contributed by atoms with E-state index < -0.39 is 5.97 Å². The third-order valence-corrected chi connectivity index (χ3v) is 2.73. The van der Waals surface area contributed by atoms with Crippen molar-refractivity contribution < 1.29 is 14.7 Å². The van der Waals surface area contributed by atoms with Gasteiger partial charge < -0.3 is 10.1 Å². The minimum Gasteiger partial charge on any atom is -0.481 e. The van der Waals surface area contributed by atoms with Gasteiger partial charge in [-0.2, -0.15) is 0 Å². The maximum absolute atomic E-state index is 12.1. The van der Waals surface area contributed by atoms with E-state index in [2.05, 4.69) is 4.98 Å². The molecular weight excluding hydrogens is 230 g/mol. The van der Waals surface area contributed by atoms with Crippen molar-refractivity contribution in [3.63, 3.8) is 0 Å². The summed E-state index contributed by atoms with van der Waals surface area (Å²) in [5.74, 6) is -1.05. The lowest BCUT2D eigenvalue weighted by Crippen LogP contribution is -2.04. The van der Waals surface area contributed by atoms with Crippen LogP contribution in [0.3, 0.4) is 0 Å². The summed E-state index contributed by atoms with van der Waals surface area (Å²) in [6.07, 6.45) is -0.103. The van der Waals surface area contributed by atoms with Crippen molar-refractivity contribution in [2.24, 2.45) is 0 Å². The number of carboxylic acids is 1. The lowest BCUT2D eigenvalue weighted by atomic mass is 10.1. The first kappa shape index (κ1) is 12.1. The number of rotatable bonds is 4. The Bertz CT molecular complexity index is 584. The second-order valence-corrected chi connectivity index (χ2v) is 4.11. The maximum atomic E-state index is 12.1. The zero-order valence-corrected chi connectivity index (χ0v) is 9.93. The van der Waals surface area contributed by atoms with Crippen molar-refractivity contribution in [1.82, 2.24) is 4.98 Å². The molecule has 0 aliphatic carbocycles. The minimum atomic E-state index is -0.918. The van der Waals surface area contributed by atoms with E-state index in [-0.39, 0.29) is 12.2 Å². The fourth-order valence-electron chi connectivity index (χ4n) is 1.80. The molecule has 0 saturated carbocycles. The van der Waals surface area contributed by atoms with Gasteiger partial charge in [-0.1, -0.05) is 30.3 Å². The largest absolute Gasteiger partial charge is 0.481 e. The summed E-state index contributed by atoms with van der Waals surface area (Å²) in [6.45, 7) is 1.79. The molecule has 2 N–H and O–H groups in total. The van der Waals surface area contributed by atoms with Gasteiger partial charge in [0.05, 0.1) is 12.1 Å². The molecule has 0 saturated heterocycles. The van der Waals surface area contributed by atoms with Crippen molar-refractivity contribution in [3.05, 3.63) is 58.9 Å². The SMILES string of the molecule is Cc1cc(C(=O)c2ccccc2)[nH]c1CC(=O)O. The highest BCUT2D eigenvalue weighted by atomic mass is 16.4. The molecule has 1 aromatic heterocycles. The van der Waals surface area contributed by atoms with Crippen LogP contribution in [0.5, 0.6) is 0 Å². The highest BCUT2D eigenvalue weighted by Crippen LogP contribution is 2.14. The van der Waals surface area contributed by atoms with Gasteiger partial charge in [-0.3, -0.25) is 9.59 Å². The molecule has 18 heavy (non-hydrogen) atoms. The van der Waals surface area contributed by atoms with Crippen LogP contribution in [0.4, 0.5) is 0 Å². The van der Waals surface area contributed by atoms with Crippen molar-refractivity contribution in [3.8, 4) is 0 Å². The Labute approximate surface area is 104 Å². The predicted molar refractivity (Wildman–Crippen MR) is 66.7 cm³/mol. The van der Waals surface area contributed by atoms with Crippen LogP contribution in [0.15, 0.2) is 36.4 Å². The highest BCUT2D eigenvalue weighted by Gasteiger charge is 2.14. The number of hydrogen-bond acceptors (Lipinski definition) is 2. The van der Waals surface area contributed by atoms with E-state index in [9.17, 15) is 9.59 Å². The molecule has 0 radical (unpaired) electrons. The number of aliphatic carboxylic acids is 1. The molecule has 1 aromatic carbocycles. The van der Waals surface area contributed by atoms with E-state index in [1.165, 1.54) is 0 Å². The molecule has 4 nitrogen and oxygen atoms in total. The quantitative estimate of drug-likeness (QED) is 0.808. The van der Waals surface area contributed by atoms with Crippen LogP contribution in [0.2, 0.25) is 0 Å². The third-order valence-electron chi connectivity index (χ3n) is 2.73. The molecule has 0 aliphatic heterocycles. The smallest absolute Gasteiger partial charge is 0.309 e. The fraction of sp³-hybridized carbons (Fsp3) is 0.143. The molecule has 2 rings (SSSR count). The molecular formula is C14H13NO3. The molecule has 92 valence electrons. The van der Waals surface area contributed by atoms with E-state index in [0.717, 1.165) is 5.56 Å². The monoisotopic (exact) mass is 243 g/mol. The average Bonchev–Trinajstić information content (AvgIpc) is 2.70. The van der Waals surface area contributed by atoms with E-state index >= 15 is 0 Å². The van der Waals surface area contributed by atoms with Gasteiger partial charge in [0, 0.05) is 11.3 Å². The fourth-order valence-corrected chi connectivity index (χ4v) is 1.80. The molecule has 2 aromatic rings. The molecule has 0 atom stereocenters. The standard InChI is InChI=1S/C14H13NO3/c1-9-7-12(15-11(9)8-13(16)17)14(18)10-5-3-2-4-6-10/h2-7,15H,8H2,1H3,(H,16,17). The molecule has 0 unspecified atom stereocenters. The molecule has 0 spiro atoms. The number of benzene rings is 1. The van der Waals surface area contributed by atoms with Gasteiger partial charge >= 0.3 is 5.97 Å². The van der Waals surface area contributed by atoms with Gasteiger partial charge in [-0.05, 0) is 18.6 Å². The molecule has 4 heteroatoms. The number of ketones is 1. The van der Waals surface area contributed by atoms with E-state index in [4.69, 9.17) is 5.11 Å². The lowest BCUT2D eigenvalue weighted by molar-refractivity contribution is -0.136. The number of H-pyrrole nitrogens is 1. The van der Waals surface area contributed by atoms with Crippen LogP contribution in [-0.2, 0) is 11.2 Å². The van der Waals surface area contributed by atoms with Crippen LogP contribution in [0, 0.1) is 6.92 Å². The Morgan fingerprint density at radius 2 is 1.89 bits per heavy atom. The van der Waals surface area contributed by atoms with E-state index in [1.54, 1.807) is 37.3 Å². The zero-order valence-electron chi connectivity index (χ0n) is 9.93. The number of nitrogens with one attached hydrogen (secondary N) is 1. The van der Waals surface area contributed by atoms with Gasteiger partial charge in [0.2, 0.25) is 5.78 Å².